The Morgan fingerprint density at radius 3 is 2.72 bits per heavy atom. The molecular weight excluding hydrogens is 404 g/mol. The Labute approximate surface area is 179 Å². The van der Waals surface area contributed by atoms with Gasteiger partial charge in [0.25, 0.3) is 0 Å². The van der Waals surface area contributed by atoms with Gasteiger partial charge < -0.3 is 10.1 Å². The normalized spacial score (nSPS) is 10.5. The molecule has 0 bridgehead atoms. The highest BCUT2D eigenvalue weighted by molar-refractivity contribution is 7.80. The van der Waals surface area contributed by atoms with Crippen LogP contribution in [0.25, 0.3) is 0 Å². The number of methoxy groups -OCH3 is 1. The first-order chi connectivity index (χ1) is 13.9. The standard InChI is InChI=1S/C21H22N4O2S2/c1-13-14(2)29-20(18(13)19(26)16-8-4-5-9-17(16)27-3)24-21(28)25(22)12-15-7-6-10-23-11-15/h4-11H,12,22H2,1-3H3,(H,24,28). The fourth-order valence-corrected chi connectivity index (χ4v) is 4.17. The first-order valence-corrected chi connectivity index (χ1v) is 10.1. The molecule has 3 N–H and O–H groups in total. The molecular formula is C21H22N4O2S2. The number of carbonyl (C=O) groups is 1. The largest absolute Gasteiger partial charge is 0.496 e. The molecule has 0 aliphatic carbocycles. The number of benzene rings is 1. The van der Waals surface area contributed by atoms with Crippen LogP contribution in [0.2, 0.25) is 0 Å². The summed E-state index contributed by atoms with van der Waals surface area (Å²) in [5.74, 6) is 6.54. The number of nitrogens with zero attached hydrogens (tertiary/aromatic N) is 2. The second-order valence-electron chi connectivity index (χ2n) is 6.44. The highest BCUT2D eigenvalue weighted by Gasteiger charge is 2.24. The van der Waals surface area contributed by atoms with Crippen molar-refractivity contribution in [2.24, 2.45) is 5.84 Å². The lowest BCUT2D eigenvalue weighted by Crippen LogP contribution is -2.39. The Morgan fingerprint density at radius 1 is 1.28 bits per heavy atom. The van der Waals surface area contributed by atoms with Gasteiger partial charge in [0.05, 0.1) is 24.8 Å². The summed E-state index contributed by atoms with van der Waals surface area (Å²) >= 11 is 6.94. The van der Waals surface area contributed by atoms with Gasteiger partial charge in [0, 0.05) is 17.3 Å². The third kappa shape index (κ3) is 4.61. The number of ketones is 1. The SMILES string of the molecule is COc1ccccc1C(=O)c1c(NC(=S)N(N)Cc2cccnc2)sc(C)c1C. The van der Waals surface area contributed by atoms with Crippen molar-refractivity contribution >= 4 is 39.5 Å². The minimum Gasteiger partial charge on any atom is -0.496 e. The van der Waals surface area contributed by atoms with Crippen LogP contribution in [0.3, 0.4) is 0 Å². The number of hydrogen-bond acceptors (Lipinski definition) is 6. The summed E-state index contributed by atoms with van der Waals surface area (Å²) in [4.78, 5) is 18.4. The number of anilines is 1. The summed E-state index contributed by atoms with van der Waals surface area (Å²) in [5.41, 5.74) is 2.93. The molecule has 0 atom stereocenters. The van der Waals surface area contributed by atoms with Crippen LogP contribution in [0.4, 0.5) is 5.00 Å². The maximum atomic E-state index is 13.3. The zero-order chi connectivity index (χ0) is 21.0. The van der Waals surface area contributed by atoms with Gasteiger partial charge in [0.15, 0.2) is 10.9 Å². The second-order valence-corrected chi connectivity index (χ2v) is 8.05. The van der Waals surface area contributed by atoms with Crippen molar-refractivity contribution in [2.75, 3.05) is 12.4 Å². The van der Waals surface area contributed by atoms with Crippen LogP contribution in [0.1, 0.15) is 31.9 Å². The van der Waals surface area contributed by atoms with Crippen LogP contribution in [0.15, 0.2) is 48.8 Å². The lowest BCUT2D eigenvalue weighted by Gasteiger charge is -2.20. The Kier molecular flexibility index (Phi) is 6.58. The van der Waals surface area contributed by atoms with E-state index in [1.165, 1.54) is 16.3 Å². The predicted octanol–water partition coefficient (Wildman–Crippen LogP) is 4.07. The van der Waals surface area contributed by atoms with E-state index < -0.39 is 0 Å². The first kappa shape index (κ1) is 20.9. The van der Waals surface area contributed by atoms with Gasteiger partial charge in [0.2, 0.25) is 0 Å². The molecule has 29 heavy (non-hydrogen) atoms. The Bertz CT molecular complexity index is 1030. The third-order valence-electron chi connectivity index (χ3n) is 4.52. The van der Waals surface area contributed by atoms with E-state index in [0.29, 0.717) is 33.5 Å². The second kappa shape index (κ2) is 9.13. The van der Waals surface area contributed by atoms with Gasteiger partial charge in [-0.05, 0) is 55.4 Å². The van der Waals surface area contributed by atoms with E-state index in [0.717, 1.165) is 16.0 Å². The minimum absolute atomic E-state index is 0.120. The van der Waals surface area contributed by atoms with Crippen molar-refractivity contribution in [1.82, 2.24) is 9.99 Å². The number of rotatable bonds is 6. The molecule has 0 aliphatic rings. The molecule has 0 aliphatic heterocycles. The van der Waals surface area contributed by atoms with Crippen LogP contribution >= 0.6 is 23.6 Å². The van der Waals surface area contributed by atoms with Crippen molar-refractivity contribution < 1.29 is 9.53 Å². The molecule has 0 unspecified atom stereocenters. The van der Waals surface area contributed by atoms with Gasteiger partial charge in [-0.15, -0.1) is 11.3 Å². The van der Waals surface area contributed by atoms with E-state index in [4.69, 9.17) is 22.8 Å². The summed E-state index contributed by atoms with van der Waals surface area (Å²) in [6, 6.07) is 10.9. The van der Waals surface area contributed by atoms with E-state index in [9.17, 15) is 4.79 Å². The zero-order valence-corrected chi connectivity index (χ0v) is 18.1. The number of carbonyl (C=O) groups excluding carboxylic acids is 1. The smallest absolute Gasteiger partial charge is 0.200 e. The molecule has 8 heteroatoms. The molecule has 0 saturated carbocycles. The van der Waals surface area contributed by atoms with E-state index in [-0.39, 0.29) is 5.78 Å². The van der Waals surface area contributed by atoms with E-state index in [1.54, 1.807) is 31.6 Å². The van der Waals surface area contributed by atoms with Crippen molar-refractivity contribution in [3.63, 3.8) is 0 Å². The number of hydrazine groups is 1. The lowest BCUT2D eigenvalue weighted by atomic mass is 10.0. The minimum atomic E-state index is -0.120. The molecule has 2 aromatic heterocycles. The Balaban J connectivity index is 1.86. The molecule has 6 nitrogen and oxygen atoms in total. The molecule has 2 heterocycles. The van der Waals surface area contributed by atoms with Gasteiger partial charge in [-0.3, -0.25) is 14.8 Å². The first-order valence-electron chi connectivity index (χ1n) is 8.92. The number of thiophene rings is 1. The van der Waals surface area contributed by atoms with Gasteiger partial charge in [-0.2, -0.15) is 0 Å². The lowest BCUT2D eigenvalue weighted by molar-refractivity contribution is 0.103. The molecule has 3 rings (SSSR count). The van der Waals surface area contributed by atoms with E-state index in [2.05, 4.69) is 10.3 Å². The van der Waals surface area contributed by atoms with Crippen molar-refractivity contribution in [1.29, 1.82) is 0 Å². The van der Waals surface area contributed by atoms with Crippen LogP contribution < -0.4 is 15.9 Å². The van der Waals surface area contributed by atoms with Crippen LogP contribution in [0, 0.1) is 13.8 Å². The fourth-order valence-electron chi connectivity index (χ4n) is 2.88. The number of thiocarbonyl (C=S) groups is 1. The summed E-state index contributed by atoms with van der Waals surface area (Å²) < 4.78 is 5.36. The molecule has 0 fully saturated rings. The number of aromatic nitrogens is 1. The molecule has 3 aromatic rings. The molecule has 0 saturated heterocycles. The maximum absolute atomic E-state index is 13.3. The third-order valence-corrected chi connectivity index (χ3v) is 5.98. The summed E-state index contributed by atoms with van der Waals surface area (Å²) in [5, 5.41) is 5.57. The van der Waals surface area contributed by atoms with Crippen molar-refractivity contribution in [3.8, 4) is 5.75 Å². The number of nitrogens with two attached hydrogens (primary N) is 1. The number of para-hydroxylation sites is 1. The zero-order valence-electron chi connectivity index (χ0n) is 16.4. The highest BCUT2D eigenvalue weighted by atomic mass is 32.1. The molecule has 0 radical (unpaired) electrons. The van der Waals surface area contributed by atoms with Gasteiger partial charge >= 0.3 is 0 Å². The van der Waals surface area contributed by atoms with Crippen molar-refractivity contribution in [2.45, 2.75) is 20.4 Å². The predicted molar refractivity (Wildman–Crippen MR) is 120 cm³/mol. The van der Waals surface area contributed by atoms with Crippen LogP contribution in [0.5, 0.6) is 5.75 Å². The number of nitrogens with one attached hydrogen (secondary N) is 1. The fraction of sp³-hybridized carbons (Fsp3) is 0.190. The monoisotopic (exact) mass is 426 g/mol. The van der Waals surface area contributed by atoms with Gasteiger partial charge in [0.1, 0.15) is 10.8 Å². The maximum Gasteiger partial charge on any atom is 0.200 e. The van der Waals surface area contributed by atoms with E-state index in [1.807, 2.05) is 38.1 Å². The Morgan fingerprint density at radius 2 is 2.03 bits per heavy atom. The number of hydrogen-bond donors (Lipinski definition) is 2. The number of pyridine rings is 1. The summed E-state index contributed by atoms with van der Waals surface area (Å²) in [6.45, 7) is 4.31. The number of aryl methyl sites for hydroxylation is 1. The van der Waals surface area contributed by atoms with Gasteiger partial charge in [-0.25, -0.2) is 5.84 Å². The molecule has 0 spiro atoms. The number of ether oxygens (including phenoxy) is 1. The van der Waals surface area contributed by atoms with Crippen LogP contribution in [-0.2, 0) is 6.54 Å². The van der Waals surface area contributed by atoms with E-state index >= 15 is 0 Å². The highest BCUT2D eigenvalue weighted by Crippen LogP contribution is 2.35. The molecule has 0 amide bonds. The summed E-state index contributed by atoms with van der Waals surface area (Å²) in [6.07, 6.45) is 3.44. The molecule has 150 valence electrons. The molecule has 1 aromatic carbocycles. The Hall–Kier alpha value is -2.81. The average Bonchev–Trinajstić information content (AvgIpc) is 3.01. The van der Waals surface area contributed by atoms with Crippen molar-refractivity contribution in [3.05, 3.63) is 75.9 Å². The average molecular weight is 427 g/mol. The topological polar surface area (TPSA) is 80.5 Å². The van der Waals surface area contributed by atoms with Gasteiger partial charge in [-0.1, -0.05) is 18.2 Å². The van der Waals surface area contributed by atoms with Crippen LogP contribution in [-0.4, -0.2) is 28.0 Å². The quantitative estimate of drug-likeness (QED) is 0.266. The summed E-state index contributed by atoms with van der Waals surface area (Å²) in [7, 11) is 1.55.